The zero-order valence-electron chi connectivity index (χ0n) is 14.1. The summed E-state index contributed by atoms with van der Waals surface area (Å²) in [5.74, 6) is 0.952. The van der Waals surface area contributed by atoms with Crippen LogP contribution in [0.2, 0.25) is 0 Å². The Hall–Kier alpha value is -1.72. The summed E-state index contributed by atoms with van der Waals surface area (Å²) in [6.45, 7) is 4.31. The van der Waals surface area contributed by atoms with Crippen molar-refractivity contribution in [3.05, 3.63) is 53.1 Å². The molecule has 4 nitrogen and oxygen atoms in total. The van der Waals surface area contributed by atoms with Crippen molar-refractivity contribution in [3.8, 4) is 0 Å². The van der Waals surface area contributed by atoms with Gasteiger partial charge in [0.05, 0.1) is 12.8 Å². The lowest BCUT2D eigenvalue weighted by atomic mass is 9.96. The number of fused-ring (bicyclic) bond motifs is 1. The molecule has 1 aromatic heterocycles. The second kappa shape index (κ2) is 6.65. The van der Waals surface area contributed by atoms with Crippen LogP contribution in [0.3, 0.4) is 0 Å². The number of benzene rings is 1. The third-order valence-electron chi connectivity index (χ3n) is 5.01. The van der Waals surface area contributed by atoms with E-state index >= 15 is 0 Å². The molecule has 1 aliphatic carbocycles. The van der Waals surface area contributed by atoms with Crippen LogP contribution < -0.4 is 0 Å². The Morgan fingerprint density at radius 2 is 2.00 bits per heavy atom. The van der Waals surface area contributed by atoms with Crippen molar-refractivity contribution in [1.29, 1.82) is 0 Å². The first-order chi connectivity index (χ1) is 11.7. The van der Waals surface area contributed by atoms with Gasteiger partial charge in [-0.25, -0.2) is 4.39 Å². The Morgan fingerprint density at radius 3 is 2.75 bits per heavy atom. The standard InChI is InChI=1S/C19H24FN3O/c1-22-19-16(8-21-22)10-23(9-14-4-6-18(20)7-5-14)11-17(19)13-24-12-15-2-3-15/h4-8,15,17H,2-3,9-13H2,1H3/t17-/m0/s1. The molecule has 0 saturated heterocycles. The number of hydrogen-bond acceptors (Lipinski definition) is 3. The van der Waals surface area contributed by atoms with E-state index in [0.717, 1.165) is 44.3 Å². The number of hydrogen-bond donors (Lipinski definition) is 0. The molecule has 0 unspecified atom stereocenters. The van der Waals surface area contributed by atoms with Crippen molar-refractivity contribution in [1.82, 2.24) is 14.7 Å². The van der Waals surface area contributed by atoms with Gasteiger partial charge >= 0.3 is 0 Å². The average Bonchev–Trinajstić information content (AvgIpc) is 3.32. The van der Waals surface area contributed by atoms with E-state index in [9.17, 15) is 4.39 Å². The molecule has 2 heterocycles. The molecular formula is C19H24FN3O. The van der Waals surface area contributed by atoms with Gasteiger partial charge in [-0.2, -0.15) is 5.10 Å². The van der Waals surface area contributed by atoms with Crippen LogP contribution >= 0.6 is 0 Å². The molecule has 5 heteroatoms. The van der Waals surface area contributed by atoms with E-state index in [1.807, 2.05) is 30.1 Å². The highest BCUT2D eigenvalue weighted by atomic mass is 19.1. The molecule has 1 fully saturated rings. The van der Waals surface area contributed by atoms with Crippen LogP contribution in [0.15, 0.2) is 30.5 Å². The molecule has 0 radical (unpaired) electrons. The first kappa shape index (κ1) is 15.8. The first-order valence-electron chi connectivity index (χ1n) is 8.74. The SMILES string of the molecule is Cn1ncc2c1[C@H](COCC1CC1)CN(Cc1ccc(F)cc1)C2. The summed E-state index contributed by atoms with van der Waals surface area (Å²) < 4.78 is 21.1. The number of aryl methyl sites for hydroxylation is 1. The maximum Gasteiger partial charge on any atom is 0.123 e. The highest BCUT2D eigenvalue weighted by Crippen LogP contribution is 2.32. The van der Waals surface area contributed by atoms with Crippen LogP contribution in [0.5, 0.6) is 0 Å². The molecule has 1 aliphatic heterocycles. The molecule has 24 heavy (non-hydrogen) atoms. The summed E-state index contributed by atoms with van der Waals surface area (Å²) in [6.07, 6.45) is 4.61. The van der Waals surface area contributed by atoms with Crippen LogP contribution in [0.25, 0.3) is 0 Å². The summed E-state index contributed by atoms with van der Waals surface area (Å²) in [7, 11) is 2.02. The van der Waals surface area contributed by atoms with E-state index in [0.29, 0.717) is 5.92 Å². The molecule has 0 N–H and O–H groups in total. The minimum absolute atomic E-state index is 0.182. The molecule has 2 aromatic rings. The topological polar surface area (TPSA) is 30.3 Å². The molecule has 1 saturated carbocycles. The largest absolute Gasteiger partial charge is 0.380 e. The fourth-order valence-electron chi connectivity index (χ4n) is 3.61. The van der Waals surface area contributed by atoms with Gasteiger partial charge in [-0.15, -0.1) is 0 Å². The van der Waals surface area contributed by atoms with Gasteiger partial charge in [0, 0.05) is 50.5 Å². The Morgan fingerprint density at radius 1 is 1.21 bits per heavy atom. The minimum atomic E-state index is -0.182. The molecule has 1 atom stereocenters. The molecule has 0 bridgehead atoms. The second-order valence-electron chi connectivity index (χ2n) is 7.15. The number of ether oxygens (including phenoxy) is 1. The van der Waals surface area contributed by atoms with Gasteiger partial charge in [-0.1, -0.05) is 12.1 Å². The number of nitrogens with zero attached hydrogens (tertiary/aromatic N) is 3. The molecule has 0 amide bonds. The lowest BCUT2D eigenvalue weighted by molar-refractivity contribution is 0.0870. The van der Waals surface area contributed by atoms with Gasteiger partial charge in [0.15, 0.2) is 0 Å². The lowest BCUT2D eigenvalue weighted by Gasteiger charge is -2.33. The molecular weight excluding hydrogens is 305 g/mol. The molecule has 2 aliphatic rings. The lowest BCUT2D eigenvalue weighted by Crippen LogP contribution is -2.35. The van der Waals surface area contributed by atoms with Gasteiger partial charge in [-0.3, -0.25) is 9.58 Å². The van der Waals surface area contributed by atoms with Crippen LogP contribution in [0.1, 0.15) is 35.6 Å². The van der Waals surface area contributed by atoms with Crippen LogP contribution in [0.4, 0.5) is 4.39 Å². The Kier molecular flexibility index (Phi) is 4.37. The molecule has 1 aromatic carbocycles. The van der Waals surface area contributed by atoms with Crippen LogP contribution in [0, 0.1) is 11.7 Å². The van der Waals surface area contributed by atoms with Crippen molar-refractivity contribution in [2.45, 2.75) is 31.8 Å². The predicted octanol–water partition coefficient (Wildman–Crippen LogP) is 3.09. The van der Waals surface area contributed by atoms with Gasteiger partial charge in [0.1, 0.15) is 5.82 Å². The highest BCUT2D eigenvalue weighted by Gasteiger charge is 2.29. The van der Waals surface area contributed by atoms with Gasteiger partial charge in [0.2, 0.25) is 0 Å². The van der Waals surface area contributed by atoms with Crippen LogP contribution in [-0.4, -0.2) is 34.4 Å². The van der Waals surface area contributed by atoms with E-state index in [-0.39, 0.29) is 5.82 Å². The monoisotopic (exact) mass is 329 g/mol. The maximum atomic E-state index is 13.1. The van der Waals surface area contributed by atoms with Crippen molar-refractivity contribution in [2.24, 2.45) is 13.0 Å². The fourth-order valence-corrected chi connectivity index (χ4v) is 3.61. The third-order valence-corrected chi connectivity index (χ3v) is 5.01. The average molecular weight is 329 g/mol. The predicted molar refractivity (Wildman–Crippen MR) is 90.0 cm³/mol. The maximum absolute atomic E-state index is 13.1. The highest BCUT2D eigenvalue weighted by molar-refractivity contribution is 5.26. The van der Waals surface area contributed by atoms with Crippen molar-refractivity contribution in [2.75, 3.05) is 19.8 Å². The quantitative estimate of drug-likeness (QED) is 0.816. The molecule has 0 spiro atoms. The number of halogens is 1. The zero-order valence-corrected chi connectivity index (χ0v) is 14.1. The second-order valence-corrected chi connectivity index (χ2v) is 7.15. The van der Waals surface area contributed by atoms with Crippen molar-refractivity contribution < 1.29 is 9.13 Å². The van der Waals surface area contributed by atoms with E-state index in [1.54, 1.807) is 0 Å². The van der Waals surface area contributed by atoms with Crippen LogP contribution in [-0.2, 0) is 24.9 Å². The first-order valence-corrected chi connectivity index (χ1v) is 8.74. The summed E-state index contributed by atoms with van der Waals surface area (Å²) in [5, 5.41) is 4.44. The fraction of sp³-hybridized carbons (Fsp3) is 0.526. The third kappa shape index (κ3) is 3.52. The Labute approximate surface area is 142 Å². The smallest absolute Gasteiger partial charge is 0.123 e. The van der Waals surface area contributed by atoms with E-state index in [1.165, 1.54) is 36.2 Å². The van der Waals surface area contributed by atoms with E-state index in [4.69, 9.17) is 4.74 Å². The summed E-state index contributed by atoms with van der Waals surface area (Å²) in [4.78, 5) is 2.41. The number of rotatable bonds is 6. The van der Waals surface area contributed by atoms with Gasteiger partial charge in [0.25, 0.3) is 0 Å². The normalized spacial score (nSPS) is 21.0. The zero-order chi connectivity index (χ0) is 16.5. The minimum Gasteiger partial charge on any atom is -0.380 e. The van der Waals surface area contributed by atoms with Crippen molar-refractivity contribution in [3.63, 3.8) is 0 Å². The summed E-state index contributed by atoms with van der Waals surface area (Å²) in [6, 6.07) is 6.80. The van der Waals surface area contributed by atoms with Gasteiger partial charge < -0.3 is 4.74 Å². The summed E-state index contributed by atoms with van der Waals surface area (Å²) in [5.41, 5.74) is 3.73. The summed E-state index contributed by atoms with van der Waals surface area (Å²) >= 11 is 0. The Bertz CT molecular complexity index is 693. The Balaban J connectivity index is 1.45. The van der Waals surface area contributed by atoms with Crippen molar-refractivity contribution >= 4 is 0 Å². The van der Waals surface area contributed by atoms with Gasteiger partial charge in [-0.05, 0) is 36.5 Å². The molecule has 128 valence electrons. The number of aromatic nitrogens is 2. The van der Waals surface area contributed by atoms with E-state index < -0.39 is 0 Å². The molecule has 4 rings (SSSR count). The van der Waals surface area contributed by atoms with E-state index in [2.05, 4.69) is 10.00 Å².